The van der Waals surface area contributed by atoms with Crippen LogP contribution in [0.1, 0.15) is 30.4 Å². The molecule has 0 amide bonds. The van der Waals surface area contributed by atoms with E-state index in [1.165, 1.54) is 0 Å². The predicted molar refractivity (Wildman–Crippen MR) is 87.4 cm³/mol. The van der Waals surface area contributed by atoms with Gasteiger partial charge in [0.25, 0.3) is 0 Å². The molecule has 0 unspecified atom stereocenters. The molecule has 0 saturated carbocycles. The molecule has 0 radical (unpaired) electrons. The van der Waals surface area contributed by atoms with E-state index in [9.17, 15) is 0 Å². The predicted octanol–water partition coefficient (Wildman–Crippen LogP) is 2.71. The van der Waals surface area contributed by atoms with Crippen molar-refractivity contribution in [1.29, 1.82) is 0 Å². The van der Waals surface area contributed by atoms with Crippen LogP contribution in [-0.4, -0.2) is 31.0 Å². The Bertz CT molecular complexity index is 798. The van der Waals surface area contributed by atoms with Crippen LogP contribution >= 0.6 is 0 Å². The highest BCUT2D eigenvalue weighted by molar-refractivity contribution is 5.43. The molecule has 3 aromatic rings. The van der Waals surface area contributed by atoms with Crippen LogP contribution in [0.15, 0.2) is 49.2 Å². The molecule has 1 fully saturated rings. The van der Waals surface area contributed by atoms with E-state index in [1.54, 1.807) is 12.5 Å². The third-order valence-corrected chi connectivity index (χ3v) is 4.17. The molecular formula is C17H18N6. The summed E-state index contributed by atoms with van der Waals surface area (Å²) in [7, 11) is 0. The first kappa shape index (κ1) is 13.9. The van der Waals surface area contributed by atoms with E-state index in [0.29, 0.717) is 0 Å². The van der Waals surface area contributed by atoms with Crippen molar-refractivity contribution in [2.45, 2.75) is 25.8 Å². The van der Waals surface area contributed by atoms with Gasteiger partial charge in [0, 0.05) is 25.1 Å². The van der Waals surface area contributed by atoms with E-state index in [4.69, 9.17) is 4.98 Å². The fraction of sp³-hybridized carbons (Fsp3) is 0.294. The van der Waals surface area contributed by atoms with Crippen molar-refractivity contribution >= 4 is 5.82 Å². The first-order valence-electron chi connectivity index (χ1n) is 7.83. The lowest BCUT2D eigenvalue weighted by molar-refractivity contribution is 0.682. The minimum absolute atomic E-state index is 0.257. The number of aromatic nitrogens is 5. The minimum Gasteiger partial charge on any atom is -0.348 e. The van der Waals surface area contributed by atoms with Gasteiger partial charge in [-0.2, -0.15) is 0 Å². The van der Waals surface area contributed by atoms with Gasteiger partial charge in [0.15, 0.2) is 0 Å². The zero-order valence-corrected chi connectivity index (χ0v) is 13.0. The Morgan fingerprint density at radius 1 is 1.09 bits per heavy atom. The van der Waals surface area contributed by atoms with Gasteiger partial charge in [-0.05, 0) is 38.0 Å². The maximum Gasteiger partial charge on any atom is 0.138 e. The Labute approximate surface area is 134 Å². The summed E-state index contributed by atoms with van der Waals surface area (Å²) in [6.45, 7) is 2.92. The highest BCUT2D eigenvalue weighted by atomic mass is 15.2. The largest absolute Gasteiger partial charge is 0.348 e. The smallest absolute Gasteiger partial charge is 0.138 e. The van der Waals surface area contributed by atoms with E-state index >= 15 is 0 Å². The summed E-state index contributed by atoms with van der Waals surface area (Å²) < 4.78 is 1.93. The van der Waals surface area contributed by atoms with Gasteiger partial charge in [0.2, 0.25) is 0 Å². The summed E-state index contributed by atoms with van der Waals surface area (Å²) in [5, 5.41) is 0. The Kier molecular flexibility index (Phi) is 3.49. The summed E-state index contributed by atoms with van der Waals surface area (Å²) in [5.74, 6) is 2.67. The maximum absolute atomic E-state index is 4.83. The third-order valence-electron chi connectivity index (χ3n) is 4.17. The van der Waals surface area contributed by atoms with Crippen molar-refractivity contribution in [3.63, 3.8) is 0 Å². The van der Waals surface area contributed by atoms with Gasteiger partial charge in [0.05, 0.1) is 11.7 Å². The number of aryl methyl sites for hydroxylation is 1. The monoisotopic (exact) mass is 306 g/mol. The number of hydrogen-bond donors (Lipinski definition) is 0. The van der Waals surface area contributed by atoms with Gasteiger partial charge in [-0.25, -0.2) is 19.9 Å². The molecular weight excluding hydrogens is 288 g/mol. The third kappa shape index (κ3) is 2.67. The second kappa shape index (κ2) is 5.79. The molecule has 0 bridgehead atoms. The van der Waals surface area contributed by atoms with Crippen molar-refractivity contribution in [2.75, 3.05) is 11.4 Å². The molecule has 4 heterocycles. The Morgan fingerprint density at radius 2 is 2.04 bits per heavy atom. The fourth-order valence-electron chi connectivity index (χ4n) is 3.12. The standard InChI is InChI=1S/C17H18N6/c1-13-19-8-7-17(20-13)23-10-3-5-15(23)14-4-2-6-16(21-14)22-11-9-18-12-22/h2,4,6-9,11-12,15H,3,5,10H2,1H3/t15-/m0/s1. The van der Waals surface area contributed by atoms with Crippen LogP contribution in [0.2, 0.25) is 0 Å². The molecule has 6 heteroatoms. The maximum atomic E-state index is 4.83. The van der Waals surface area contributed by atoms with Crippen LogP contribution in [0.3, 0.4) is 0 Å². The van der Waals surface area contributed by atoms with E-state index in [-0.39, 0.29) is 6.04 Å². The lowest BCUT2D eigenvalue weighted by Crippen LogP contribution is -2.24. The summed E-state index contributed by atoms with van der Waals surface area (Å²) in [4.78, 5) is 20.0. The molecule has 1 aliphatic heterocycles. The first-order valence-corrected chi connectivity index (χ1v) is 7.83. The van der Waals surface area contributed by atoms with Crippen LogP contribution in [0.25, 0.3) is 5.82 Å². The second-order valence-electron chi connectivity index (χ2n) is 5.70. The van der Waals surface area contributed by atoms with Gasteiger partial charge in [-0.3, -0.25) is 4.57 Å². The zero-order valence-electron chi connectivity index (χ0n) is 13.0. The van der Waals surface area contributed by atoms with Crippen molar-refractivity contribution < 1.29 is 0 Å². The molecule has 0 N–H and O–H groups in total. The van der Waals surface area contributed by atoms with Crippen molar-refractivity contribution in [2.24, 2.45) is 0 Å². The average molecular weight is 306 g/mol. The average Bonchev–Trinajstić information content (AvgIpc) is 3.27. The molecule has 0 aromatic carbocycles. The fourth-order valence-corrected chi connectivity index (χ4v) is 3.12. The number of hydrogen-bond acceptors (Lipinski definition) is 5. The summed E-state index contributed by atoms with van der Waals surface area (Å²) in [5.41, 5.74) is 1.07. The number of imidazole rings is 1. The lowest BCUT2D eigenvalue weighted by Gasteiger charge is -2.25. The zero-order chi connectivity index (χ0) is 15.6. The molecule has 4 rings (SSSR count). The second-order valence-corrected chi connectivity index (χ2v) is 5.70. The van der Waals surface area contributed by atoms with Crippen molar-refractivity contribution in [1.82, 2.24) is 24.5 Å². The molecule has 116 valence electrons. The van der Waals surface area contributed by atoms with Gasteiger partial charge in [-0.1, -0.05) is 6.07 Å². The van der Waals surface area contributed by atoms with Crippen LogP contribution in [0, 0.1) is 6.92 Å². The van der Waals surface area contributed by atoms with Crippen LogP contribution in [-0.2, 0) is 0 Å². The molecule has 3 aromatic heterocycles. The van der Waals surface area contributed by atoms with Crippen LogP contribution in [0.5, 0.6) is 0 Å². The normalized spacial score (nSPS) is 17.6. The van der Waals surface area contributed by atoms with Crippen molar-refractivity contribution in [3.05, 3.63) is 60.7 Å². The summed E-state index contributed by atoms with van der Waals surface area (Å²) in [6, 6.07) is 8.38. The molecule has 1 aliphatic rings. The number of rotatable bonds is 3. The van der Waals surface area contributed by atoms with E-state index < -0.39 is 0 Å². The number of nitrogens with zero attached hydrogens (tertiary/aromatic N) is 6. The topological polar surface area (TPSA) is 59.7 Å². The Balaban J connectivity index is 1.68. The lowest BCUT2D eigenvalue weighted by atomic mass is 10.1. The van der Waals surface area contributed by atoms with E-state index in [2.05, 4.69) is 32.0 Å². The Hall–Kier alpha value is -2.76. The van der Waals surface area contributed by atoms with Crippen LogP contribution < -0.4 is 4.90 Å². The molecule has 1 atom stereocenters. The minimum atomic E-state index is 0.257. The molecule has 6 nitrogen and oxygen atoms in total. The SMILES string of the molecule is Cc1nccc(N2CCC[C@H]2c2cccc(-n3ccnc3)n2)n1. The molecule has 1 saturated heterocycles. The summed E-state index contributed by atoms with van der Waals surface area (Å²) in [6.07, 6.45) is 9.50. The highest BCUT2D eigenvalue weighted by Crippen LogP contribution is 2.34. The van der Waals surface area contributed by atoms with E-state index in [1.807, 2.05) is 36.0 Å². The van der Waals surface area contributed by atoms with Gasteiger partial charge >= 0.3 is 0 Å². The first-order chi connectivity index (χ1) is 11.3. The summed E-state index contributed by atoms with van der Waals surface area (Å²) >= 11 is 0. The molecule has 23 heavy (non-hydrogen) atoms. The van der Waals surface area contributed by atoms with Crippen LogP contribution in [0.4, 0.5) is 5.82 Å². The molecule has 0 aliphatic carbocycles. The highest BCUT2D eigenvalue weighted by Gasteiger charge is 2.28. The molecule has 0 spiro atoms. The quantitative estimate of drug-likeness (QED) is 0.744. The van der Waals surface area contributed by atoms with Gasteiger partial charge in [0.1, 0.15) is 23.8 Å². The Morgan fingerprint density at radius 3 is 2.87 bits per heavy atom. The van der Waals surface area contributed by atoms with Gasteiger partial charge < -0.3 is 4.90 Å². The van der Waals surface area contributed by atoms with Gasteiger partial charge in [-0.15, -0.1) is 0 Å². The number of anilines is 1. The van der Waals surface area contributed by atoms with Crippen molar-refractivity contribution in [3.8, 4) is 5.82 Å². The van der Waals surface area contributed by atoms with E-state index in [0.717, 1.165) is 42.5 Å². The number of pyridine rings is 1.